The molecule has 20 heavy (non-hydrogen) atoms. The minimum absolute atomic E-state index is 0.0149. The monoisotopic (exact) mass is 280 g/mol. The van der Waals surface area contributed by atoms with E-state index in [0.29, 0.717) is 32.6 Å². The van der Waals surface area contributed by atoms with Crippen LogP contribution in [0.5, 0.6) is 0 Å². The van der Waals surface area contributed by atoms with Gasteiger partial charge in [0.15, 0.2) is 0 Å². The summed E-state index contributed by atoms with van der Waals surface area (Å²) in [5.74, 6) is -1.12. The van der Waals surface area contributed by atoms with Crippen LogP contribution >= 0.6 is 0 Å². The maximum absolute atomic E-state index is 12.2. The predicted octanol–water partition coefficient (Wildman–Crippen LogP) is -0.998. The maximum atomic E-state index is 12.2. The molecule has 1 aliphatic heterocycles. The predicted molar refractivity (Wildman–Crippen MR) is 69.5 cm³/mol. The molecule has 1 saturated heterocycles. The van der Waals surface area contributed by atoms with E-state index in [9.17, 15) is 14.4 Å². The van der Waals surface area contributed by atoms with Gasteiger partial charge in [0.2, 0.25) is 0 Å². The van der Waals surface area contributed by atoms with Gasteiger partial charge in [-0.05, 0) is 12.5 Å². The van der Waals surface area contributed by atoms with E-state index in [0.717, 1.165) is 0 Å². The number of amides is 1. The second-order valence-electron chi connectivity index (χ2n) is 4.62. The minimum Gasteiger partial charge on any atom is -0.480 e. The first-order chi connectivity index (χ1) is 9.56. The molecule has 1 aliphatic rings. The first-order valence-electron chi connectivity index (χ1n) is 6.35. The molecule has 1 amide bonds. The zero-order valence-electron chi connectivity index (χ0n) is 10.9. The molecule has 0 saturated carbocycles. The minimum atomic E-state index is -0.868. The molecule has 0 aromatic carbocycles. The molecule has 8 nitrogen and oxygen atoms in total. The number of carboxylic acids is 1. The molecule has 2 heterocycles. The maximum Gasteiger partial charge on any atom is 0.317 e. The first kappa shape index (κ1) is 14.2. The summed E-state index contributed by atoms with van der Waals surface area (Å²) >= 11 is 0. The van der Waals surface area contributed by atoms with Gasteiger partial charge in [0.25, 0.3) is 11.5 Å². The number of carboxylic acid groups (broad SMARTS) is 1. The SMILES string of the molecule is O=C(O)CN1CCCN(C(=O)c2ccc(=O)[nH]n2)CC1. The number of rotatable bonds is 3. The number of hydrogen-bond acceptors (Lipinski definition) is 5. The van der Waals surface area contributed by atoms with E-state index in [1.54, 1.807) is 9.80 Å². The Balaban J connectivity index is 1.99. The van der Waals surface area contributed by atoms with Crippen LogP contribution in [-0.4, -0.2) is 69.7 Å². The molecule has 0 spiro atoms. The number of aliphatic carboxylic acids is 1. The molecule has 1 aromatic heterocycles. The molecule has 0 bridgehead atoms. The fourth-order valence-electron chi connectivity index (χ4n) is 2.15. The van der Waals surface area contributed by atoms with Gasteiger partial charge in [-0.1, -0.05) is 0 Å². The topological polar surface area (TPSA) is 107 Å². The Morgan fingerprint density at radius 1 is 1.25 bits per heavy atom. The van der Waals surface area contributed by atoms with Crippen molar-refractivity contribution in [1.29, 1.82) is 0 Å². The third kappa shape index (κ3) is 3.64. The number of aromatic amines is 1. The number of carbonyl (C=O) groups excluding carboxylic acids is 1. The van der Waals surface area contributed by atoms with E-state index >= 15 is 0 Å². The lowest BCUT2D eigenvalue weighted by Gasteiger charge is -2.20. The molecule has 2 rings (SSSR count). The molecule has 1 aromatic rings. The standard InChI is InChI=1S/C12H16N4O4/c17-10-3-2-9(13-14-10)12(20)16-5-1-4-15(6-7-16)8-11(18)19/h2-3H,1,4-8H2,(H,14,17)(H,18,19). The van der Waals surface area contributed by atoms with Crippen molar-refractivity contribution in [2.24, 2.45) is 0 Å². The fourth-order valence-corrected chi connectivity index (χ4v) is 2.15. The van der Waals surface area contributed by atoms with Crippen LogP contribution in [-0.2, 0) is 4.79 Å². The van der Waals surface area contributed by atoms with Gasteiger partial charge < -0.3 is 10.0 Å². The summed E-state index contributed by atoms with van der Waals surface area (Å²) in [6, 6.07) is 2.65. The van der Waals surface area contributed by atoms with Crippen LogP contribution in [0.15, 0.2) is 16.9 Å². The third-order valence-electron chi connectivity index (χ3n) is 3.13. The van der Waals surface area contributed by atoms with Crippen molar-refractivity contribution < 1.29 is 14.7 Å². The smallest absolute Gasteiger partial charge is 0.317 e. The fraction of sp³-hybridized carbons (Fsp3) is 0.500. The van der Waals surface area contributed by atoms with Crippen LogP contribution in [0.1, 0.15) is 16.9 Å². The molecular weight excluding hydrogens is 264 g/mol. The number of carbonyl (C=O) groups is 2. The van der Waals surface area contributed by atoms with Crippen molar-refractivity contribution in [3.8, 4) is 0 Å². The Labute approximate surface area is 115 Å². The quantitative estimate of drug-likeness (QED) is 0.735. The first-order valence-corrected chi connectivity index (χ1v) is 6.35. The van der Waals surface area contributed by atoms with E-state index in [2.05, 4.69) is 10.2 Å². The molecule has 0 atom stereocenters. The lowest BCUT2D eigenvalue weighted by molar-refractivity contribution is -0.138. The molecular formula is C12H16N4O4. The highest BCUT2D eigenvalue weighted by Gasteiger charge is 2.22. The zero-order valence-corrected chi connectivity index (χ0v) is 10.9. The van der Waals surface area contributed by atoms with Crippen molar-refractivity contribution in [1.82, 2.24) is 20.0 Å². The van der Waals surface area contributed by atoms with Gasteiger partial charge in [0, 0.05) is 32.2 Å². The van der Waals surface area contributed by atoms with Crippen LogP contribution in [0.4, 0.5) is 0 Å². The van der Waals surface area contributed by atoms with Crippen molar-refractivity contribution in [2.45, 2.75) is 6.42 Å². The Kier molecular flexibility index (Phi) is 4.46. The largest absolute Gasteiger partial charge is 0.480 e. The summed E-state index contributed by atoms with van der Waals surface area (Å²) in [4.78, 5) is 37.2. The van der Waals surface area contributed by atoms with Crippen LogP contribution < -0.4 is 5.56 Å². The molecule has 8 heteroatoms. The molecule has 0 radical (unpaired) electrons. The average Bonchev–Trinajstić information content (AvgIpc) is 2.64. The lowest BCUT2D eigenvalue weighted by Crippen LogP contribution is -2.37. The van der Waals surface area contributed by atoms with Gasteiger partial charge in [0.05, 0.1) is 6.54 Å². The summed E-state index contributed by atoms with van der Waals surface area (Å²) < 4.78 is 0. The van der Waals surface area contributed by atoms with Gasteiger partial charge in [-0.15, -0.1) is 0 Å². The van der Waals surface area contributed by atoms with E-state index < -0.39 is 5.97 Å². The summed E-state index contributed by atoms with van der Waals surface area (Å²) in [5.41, 5.74) is -0.165. The number of H-pyrrole nitrogens is 1. The van der Waals surface area contributed by atoms with Crippen molar-refractivity contribution in [2.75, 3.05) is 32.7 Å². The number of nitrogens with zero attached hydrogens (tertiary/aromatic N) is 3. The highest BCUT2D eigenvalue weighted by Crippen LogP contribution is 2.06. The molecule has 0 aliphatic carbocycles. The molecule has 108 valence electrons. The average molecular weight is 280 g/mol. The van der Waals surface area contributed by atoms with Gasteiger partial charge in [-0.25, -0.2) is 5.10 Å². The zero-order chi connectivity index (χ0) is 14.5. The summed E-state index contributed by atoms with van der Waals surface area (Å²) in [6.07, 6.45) is 0.711. The van der Waals surface area contributed by atoms with Gasteiger partial charge >= 0.3 is 5.97 Å². The Hall–Kier alpha value is -2.22. The summed E-state index contributed by atoms with van der Waals surface area (Å²) in [6.45, 7) is 2.15. The molecule has 1 fully saturated rings. The van der Waals surface area contributed by atoms with Gasteiger partial charge in [0.1, 0.15) is 5.69 Å². The van der Waals surface area contributed by atoms with Crippen LogP contribution in [0.25, 0.3) is 0 Å². The van der Waals surface area contributed by atoms with Crippen molar-refractivity contribution in [3.05, 3.63) is 28.2 Å². The van der Waals surface area contributed by atoms with E-state index in [4.69, 9.17) is 5.11 Å². The van der Waals surface area contributed by atoms with Gasteiger partial charge in [-0.2, -0.15) is 5.10 Å². The van der Waals surface area contributed by atoms with E-state index in [-0.39, 0.29) is 23.7 Å². The van der Waals surface area contributed by atoms with Crippen molar-refractivity contribution in [3.63, 3.8) is 0 Å². The molecule has 2 N–H and O–H groups in total. The van der Waals surface area contributed by atoms with E-state index in [1.165, 1.54) is 12.1 Å². The Morgan fingerprint density at radius 3 is 2.70 bits per heavy atom. The second kappa shape index (κ2) is 6.29. The van der Waals surface area contributed by atoms with Gasteiger partial charge in [-0.3, -0.25) is 19.3 Å². The third-order valence-corrected chi connectivity index (χ3v) is 3.13. The number of nitrogens with one attached hydrogen (secondary N) is 1. The molecule has 0 unspecified atom stereocenters. The van der Waals surface area contributed by atoms with Crippen LogP contribution in [0, 0.1) is 0 Å². The number of hydrogen-bond donors (Lipinski definition) is 2. The Morgan fingerprint density at radius 2 is 2.05 bits per heavy atom. The van der Waals surface area contributed by atoms with Crippen LogP contribution in [0.2, 0.25) is 0 Å². The normalized spacial score (nSPS) is 16.7. The Bertz CT molecular complexity index is 536. The highest BCUT2D eigenvalue weighted by molar-refractivity contribution is 5.92. The summed E-state index contributed by atoms with van der Waals surface area (Å²) in [7, 11) is 0. The number of aromatic nitrogens is 2. The van der Waals surface area contributed by atoms with E-state index in [1.807, 2.05) is 0 Å². The highest BCUT2D eigenvalue weighted by atomic mass is 16.4. The second-order valence-corrected chi connectivity index (χ2v) is 4.62. The summed E-state index contributed by atoms with van der Waals surface area (Å²) in [5, 5.41) is 14.7. The van der Waals surface area contributed by atoms with Crippen LogP contribution in [0.3, 0.4) is 0 Å². The van der Waals surface area contributed by atoms with Crippen molar-refractivity contribution >= 4 is 11.9 Å². The lowest BCUT2D eigenvalue weighted by atomic mass is 10.3.